The number of ether oxygens (including phenoxy) is 1. The summed E-state index contributed by atoms with van der Waals surface area (Å²) in [5.74, 6) is 0.129. The molecule has 0 saturated carbocycles. The summed E-state index contributed by atoms with van der Waals surface area (Å²) in [7, 11) is 0. The topological polar surface area (TPSA) is 94.2 Å². The van der Waals surface area contributed by atoms with Gasteiger partial charge in [0.05, 0.1) is 24.6 Å². The number of hydrogen-bond acceptors (Lipinski definition) is 7. The molecule has 3 aromatic rings. The van der Waals surface area contributed by atoms with Crippen LogP contribution in [0.4, 0.5) is 8.78 Å². The molecule has 1 aromatic carbocycles. The summed E-state index contributed by atoms with van der Waals surface area (Å²) in [6, 6.07) is 7.21. The van der Waals surface area contributed by atoms with Crippen LogP contribution in [0, 0.1) is 13.8 Å². The molecule has 0 fully saturated rings. The Hall–Kier alpha value is -2.94. The molecule has 0 bridgehead atoms. The zero-order valence-electron chi connectivity index (χ0n) is 15.5. The minimum absolute atomic E-state index is 0.127. The summed E-state index contributed by atoms with van der Waals surface area (Å²) in [5.41, 5.74) is 3.63. The second-order valence-electron chi connectivity index (χ2n) is 6.32. The highest BCUT2D eigenvalue weighted by Gasteiger charge is 2.19. The molecular weight excluding hydrogens is 370 g/mol. The van der Waals surface area contributed by atoms with Crippen LogP contribution >= 0.6 is 0 Å². The Kier molecular flexibility index (Phi) is 6.25. The van der Waals surface area contributed by atoms with E-state index in [0.717, 1.165) is 23.2 Å². The molecule has 0 atom stereocenters. The van der Waals surface area contributed by atoms with Crippen LogP contribution in [-0.2, 0) is 13.0 Å². The average molecular weight is 390 g/mol. The lowest BCUT2D eigenvalue weighted by Gasteiger charge is -2.11. The first-order valence-electron chi connectivity index (χ1n) is 8.76. The third-order valence-corrected chi connectivity index (χ3v) is 4.14. The SMILES string of the molecule is Cc1cc(OCCCc2ccc(CO)nn2)cc(C)c1-c1noc(C(F)F)n1. The summed E-state index contributed by atoms with van der Waals surface area (Å²) in [4.78, 5) is 3.76. The highest BCUT2D eigenvalue weighted by molar-refractivity contribution is 5.65. The van der Waals surface area contributed by atoms with E-state index < -0.39 is 12.3 Å². The summed E-state index contributed by atoms with van der Waals surface area (Å²) in [6.45, 7) is 4.04. The first kappa shape index (κ1) is 19.8. The highest BCUT2D eigenvalue weighted by atomic mass is 19.3. The summed E-state index contributed by atoms with van der Waals surface area (Å²) in [6.07, 6.45) is -1.35. The van der Waals surface area contributed by atoms with Gasteiger partial charge >= 0.3 is 6.43 Å². The molecule has 0 aliphatic heterocycles. The van der Waals surface area contributed by atoms with Gasteiger partial charge in [-0.3, -0.25) is 0 Å². The Morgan fingerprint density at radius 2 is 1.79 bits per heavy atom. The van der Waals surface area contributed by atoms with E-state index in [1.54, 1.807) is 6.07 Å². The number of aliphatic hydroxyl groups excluding tert-OH is 1. The van der Waals surface area contributed by atoms with E-state index in [0.29, 0.717) is 30.0 Å². The fraction of sp³-hybridized carbons (Fsp3) is 0.368. The molecule has 0 radical (unpaired) electrons. The largest absolute Gasteiger partial charge is 0.494 e. The molecule has 9 heteroatoms. The Balaban J connectivity index is 1.60. The monoisotopic (exact) mass is 390 g/mol. The van der Waals surface area contributed by atoms with Crippen molar-refractivity contribution in [2.24, 2.45) is 0 Å². The predicted molar refractivity (Wildman–Crippen MR) is 95.9 cm³/mol. The van der Waals surface area contributed by atoms with Gasteiger partial charge in [-0.25, -0.2) is 0 Å². The van der Waals surface area contributed by atoms with Crippen molar-refractivity contribution in [3.8, 4) is 17.1 Å². The van der Waals surface area contributed by atoms with Crippen molar-refractivity contribution in [1.82, 2.24) is 20.3 Å². The van der Waals surface area contributed by atoms with Crippen molar-refractivity contribution in [2.75, 3.05) is 6.61 Å². The molecule has 2 aromatic heterocycles. The van der Waals surface area contributed by atoms with Crippen molar-refractivity contribution in [3.05, 3.63) is 52.7 Å². The van der Waals surface area contributed by atoms with Crippen LogP contribution in [0.15, 0.2) is 28.8 Å². The van der Waals surface area contributed by atoms with Gasteiger partial charge in [0.15, 0.2) is 0 Å². The molecule has 28 heavy (non-hydrogen) atoms. The Morgan fingerprint density at radius 3 is 2.36 bits per heavy atom. The molecule has 3 rings (SSSR count). The van der Waals surface area contributed by atoms with Gasteiger partial charge in [0.25, 0.3) is 5.89 Å². The molecule has 0 unspecified atom stereocenters. The molecule has 0 amide bonds. The first-order valence-corrected chi connectivity index (χ1v) is 8.76. The number of nitrogens with zero attached hydrogens (tertiary/aromatic N) is 4. The molecule has 1 N–H and O–H groups in total. The van der Waals surface area contributed by atoms with Crippen molar-refractivity contribution in [3.63, 3.8) is 0 Å². The first-order chi connectivity index (χ1) is 13.5. The van der Waals surface area contributed by atoms with E-state index >= 15 is 0 Å². The zero-order chi connectivity index (χ0) is 20.1. The van der Waals surface area contributed by atoms with Gasteiger partial charge in [0.2, 0.25) is 5.82 Å². The van der Waals surface area contributed by atoms with E-state index in [9.17, 15) is 8.78 Å². The minimum atomic E-state index is -2.80. The number of hydrogen-bond donors (Lipinski definition) is 1. The Bertz CT molecular complexity index is 906. The fourth-order valence-corrected chi connectivity index (χ4v) is 2.83. The molecular formula is C19H20F2N4O3. The normalized spacial score (nSPS) is 11.2. The second kappa shape index (κ2) is 8.83. The average Bonchev–Trinajstić information content (AvgIpc) is 3.15. The summed E-state index contributed by atoms with van der Waals surface area (Å²) in [5, 5.41) is 20.5. The Labute approximate surface area is 160 Å². The van der Waals surface area contributed by atoms with Gasteiger partial charge < -0.3 is 14.4 Å². The van der Waals surface area contributed by atoms with Gasteiger partial charge in [0.1, 0.15) is 5.75 Å². The number of rotatable bonds is 8. The van der Waals surface area contributed by atoms with Gasteiger partial charge in [-0.05, 0) is 62.1 Å². The van der Waals surface area contributed by atoms with Crippen molar-refractivity contribution < 1.29 is 23.1 Å². The number of aryl methyl sites for hydroxylation is 3. The molecule has 0 spiro atoms. The van der Waals surface area contributed by atoms with Crippen molar-refractivity contribution in [1.29, 1.82) is 0 Å². The second-order valence-corrected chi connectivity index (χ2v) is 6.32. The van der Waals surface area contributed by atoms with E-state index in [4.69, 9.17) is 9.84 Å². The third-order valence-electron chi connectivity index (χ3n) is 4.14. The maximum atomic E-state index is 12.7. The van der Waals surface area contributed by atoms with Crippen LogP contribution in [0.2, 0.25) is 0 Å². The van der Waals surface area contributed by atoms with E-state index in [1.165, 1.54) is 0 Å². The summed E-state index contributed by atoms with van der Waals surface area (Å²) < 4.78 is 35.7. The number of benzene rings is 1. The lowest BCUT2D eigenvalue weighted by molar-refractivity contribution is 0.106. The van der Waals surface area contributed by atoms with Crippen LogP contribution in [0.1, 0.15) is 41.3 Å². The summed E-state index contributed by atoms with van der Waals surface area (Å²) >= 11 is 0. The molecule has 148 valence electrons. The molecule has 0 aliphatic carbocycles. The molecule has 0 aliphatic rings. The predicted octanol–water partition coefficient (Wildman–Crippen LogP) is 3.58. The van der Waals surface area contributed by atoms with Crippen LogP contribution in [0.5, 0.6) is 5.75 Å². The number of alkyl halides is 2. The molecule has 7 nitrogen and oxygen atoms in total. The van der Waals surface area contributed by atoms with Gasteiger partial charge in [-0.15, -0.1) is 0 Å². The maximum absolute atomic E-state index is 12.7. The number of halogens is 2. The van der Waals surface area contributed by atoms with Gasteiger partial charge in [-0.2, -0.15) is 24.0 Å². The maximum Gasteiger partial charge on any atom is 0.315 e. The fourth-order valence-electron chi connectivity index (χ4n) is 2.83. The van der Waals surface area contributed by atoms with E-state index in [-0.39, 0.29) is 12.4 Å². The van der Waals surface area contributed by atoms with Crippen LogP contribution in [0.25, 0.3) is 11.4 Å². The van der Waals surface area contributed by atoms with E-state index in [1.807, 2.05) is 32.0 Å². The smallest absolute Gasteiger partial charge is 0.315 e. The Morgan fingerprint density at radius 1 is 1.11 bits per heavy atom. The van der Waals surface area contributed by atoms with Crippen molar-refractivity contribution >= 4 is 0 Å². The van der Waals surface area contributed by atoms with E-state index in [2.05, 4.69) is 24.9 Å². The lowest BCUT2D eigenvalue weighted by atomic mass is 10.0. The van der Waals surface area contributed by atoms with Crippen LogP contribution in [-0.4, -0.2) is 32.1 Å². The standard InChI is InChI=1S/C19H20F2N4O3/c1-11-8-15(27-7-3-4-13-5-6-14(10-26)24-23-13)9-12(2)16(11)18-22-19(17(20)21)28-25-18/h5-6,8-9,17,26H,3-4,7,10H2,1-2H3. The third kappa shape index (κ3) is 4.66. The highest BCUT2D eigenvalue weighted by Crippen LogP contribution is 2.30. The number of aromatic nitrogens is 4. The van der Waals surface area contributed by atoms with Crippen LogP contribution < -0.4 is 4.74 Å². The molecule has 2 heterocycles. The van der Waals surface area contributed by atoms with Gasteiger partial charge in [0, 0.05) is 5.56 Å². The number of aliphatic hydroxyl groups is 1. The lowest BCUT2D eigenvalue weighted by Crippen LogP contribution is -2.03. The zero-order valence-corrected chi connectivity index (χ0v) is 15.5. The minimum Gasteiger partial charge on any atom is -0.494 e. The quantitative estimate of drug-likeness (QED) is 0.588. The van der Waals surface area contributed by atoms with Crippen LogP contribution in [0.3, 0.4) is 0 Å². The molecule has 0 saturated heterocycles. The van der Waals surface area contributed by atoms with Crippen molar-refractivity contribution in [2.45, 2.75) is 39.7 Å². The van der Waals surface area contributed by atoms with Gasteiger partial charge in [-0.1, -0.05) is 5.16 Å².